The minimum absolute atomic E-state index is 0.0461. The molecule has 0 saturated heterocycles. The molecule has 0 amide bonds. The van der Waals surface area contributed by atoms with Crippen LogP contribution in [0.4, 0.5) is 0 Å². The molecule has 0 spiro atoms. The zero-order valence-corrected chi connectivity index (χ0v) is 34.4. The zero-order chi connectivity index (χ0) is 44.6. The Kier molecular flexibility index (Phi) is 17.2. The molecule has 6 rings (SSSR count). The number of benzene rings is 4. The molecule has 4 N–H and O–H groups in total. The predicted octanol–water partition coefficient (Wildman–Crippen LogP) is 8.68. The van der Waals surface area contributed by atoms with Crippen LogP contribution in [0, 0.1) is 0 Å². The number of carbonyl (C=O) groups is 6. The van der Waals surface area contributed by atoms with Crippen molar-refractivity contribution in [3.63, 3.8) is 0 Å². The van der Waals surface area contributed by atoms with Gasteiger partial charge in [-0.1, -0.05) is 52.0 Å². The fourth-order valence-corrected chi connectivity index (χ4v) is 6.12. The molecular weight excluding hydrogens is 792 g/mol. The van der Waals surface area contributed by atoms with E-state index in [1.54, 1.807) is 36.4 Å². The average molecular weight is 843 g/mol. The van der Waals surface area contributed by atoms with Crippen LogP contribution in [0.3, 0.4) is 0 Å². The number of ketones is 2. The number of rotatable bonds is 12. The molecule has 0 aromatic heterocycles. The van der Waals surface area contributed by atoms with E-state index >= 15 is 0 Å². The van der Waals surface area contributed by atoms with Crippen LogP contribution in [-0.2, 0) is 23.9 Å². The molecule has 2 heterocycles. The summed E-state index contributed by atoms with van der Waals surface area (Å²) < 4.78 is 26.5. The lowest BCUT2D eigenvalue weighted by Gasteiger charge is -2.26. The highest BCUT2D eigenvalue weighted by Gasteiger charge is 2.32. The molecule has 15 heteroatoms. The van der Waals surface area contributed by atoms with Gasteiger partial charge in [0, 0.05) is 49.9 Å². The largest absolute Gasteiger partial charge is 0.508 e. The lowest BCUT2D eigenvalue weighted by atomic mass is 9.95. The molecule has 2 aliphatic heterocycles. The molecule has 0 radical (unpaired) electrons. The smallest absolute Gasteiger partial charge is 0.313 e. The second-order valence-electron chi connectivity index (χ2n) is 14.1. The van der Waals surface area contributed by atoms with E-state index in [4.69, 9.17) is 18.9 Å². The summed E-state index contributed by atoms with van der Waals surface area (Å²) in [7, 11) is 0. The van der Waals surface area contributed by atoms with Crippen molar-refractivity contribution in [2.75, 3.05) is 0 Å². The third-order valence-corrected chi connectivity index (χ3v) is 8.98. The number of phenols is 4. The third kappa shape index (κ3) is 13.6. The quantitative estimate of drug-likeness (QED) is 0.0594. The lowest BCUT2D eigenvalue weighted by Crippen LogP contribution is -2.21. The van der Waals surface area contributed by atoms with Gasteiger partial charge in [0.15, 0.2) is 11.6 Å². The number of esters is 4. The number of ether oxygens (including phenoxy) is 5. The van der Waals surface area contributed by atoms with Gasteiger partial charge in [0.1, 0.15) is 69.3 Å². The van der Waals surface area contributed by atoms with Crippen LogP contribution in [0.15, 0.2) is 72.8 Å². The van der Waals surface area contributed by atoms with E-state index in [9.17, 15) is 49.2 Å². The maximum Gasteiger partial charge on any atom is 0.313 e. The number of carbonyl (C=O) groups excluding carboxylic acids is 6. The van der Waals surface area contributed by atoms with Gasteiger partial charge in [0.25, 0.3) is 0 Å². The Hall–Kier alpha value is -6.90. The van der Waals surface area contributed by atoms with E-state index in [0.717, 1.165) is 30.0 Å². The Balaban J connectivity index is 0.000000226. The number of fused-ring (bicyclic) bond motifs is 2. The summed E-state index contributed by atoms with van der Waals surface area (Å²) in [4.78, 5) is 69.4. The summed E-state index contributed by atoms with van der Waals surface area (Å²) >= 11 is 0. The van der Waals surface area contributed by atoms with Crippen molar-refractivity contribution in [2.45, 2.75) is 104 Å². The number of aromatic hydroxyl groups is 4. The van der Waals surface area contributed by atoms with Crippen LogP contribution in [0.5, 0.6) is 46.0 Å². The summed E-state index contributed by atoms with van der Waals surface area (Å²) in [5.41, 5.74) is 1.63. The van der Waals surface area contributed by atoms with Crippen LogP contribution in [0.1, 0.15) is 136 Å². The van der Waals surface area contributed by atoms with Gasteiger partial charge in [0.05, 0.1) is 12.8 Å². The third-order valence-electron chi connectivity index (χ3n) is 8.98. The van der Waals surface area contributed by atoms with Crippen LogP contribution in [-0.4, -0.2) is 55.9 Å². The minimum atomic E-state index is -0.577. The fraction of sp³-hybridized carbons (Fsp3) is 0.348. The first-order chi connectivity index (χ1) is 29.1. The standard InChI is InChI=1S/C23H24O7.C15H12O5.C8H14O3/c1-3-5-21(26)28-15-9-7-14(8-10-15)19-13-18(25)23-17(24)11-16(12-20(23)30-19)29-22(27)6-4-2;16-9-3-1-8(2-4-9)13-7-12(19)15-11(18)5-10(17)6-14(15)20-13;1-3-5-7(9)11-8(10)6-4-2/h7-12,19,24H,3-6,13H2,1-2H3;1-6,13,16-18H,7H2;3-6H2,1-2H3/t19-;13-;/m11./s1. The highest BCUT2D eigenvalue weighted by molar-refractivity contribution is 6.03. The summed E-state index contributed by atoms with van der Waals surface area (Å²) in [6.45, 7) is 7.48. The van der Waals surface area contributed by atoms with Gasteiger partial charge in [-0.3, -0.25) is 28.8 Å². The normalized spacial score (nSPS) is 14.8. The van der Waals surface area contributed by atoms with Crippen molar-refractivity contribution < 1.29 is 72.9 Å². The van der Waals surface area contributed by atoms with Crippen LogP contribution in [0.25, 0.3) is 0 Å². The van der Waals surface area contributed by atoms with Crippen LogP contribution < -0.4 is 18.9 Å². The van der Waals surface area contributed by atoms with Gasteiger partial charge in [0.2, 0.25) is 0 Å². The zero-order valence-electron chi connectivity index (χ0n) is 34.4. The topological polar surface area (TPSA) is 229 Å². The van der Waals surface area contributed by atoms with Crippen molar-refractivity contribution in [3.05, 3.63) is 95.1 Å². The molecule has 0 aliphatic carbocycles. The summed E-state index contributed by atoms with van der Waals surface area (Å²) in [5, 5.41) is 38.7. The first-order valence-electron chi connectivity index (χ1n) is 20.0. The molecule has 4 aromatic carbocycles. The number of hydrogen-bond acceptors (Lipinski definition) is 15. The van der Waals surface area contributed by atoms with Gasteiger partial charge in [-0.25, -0.2) is 0 Å². The van der Waals surface area contributed by atoms with E-state index in [1.165, 1.54) is 30.3 Å². The van der Waals surface area contributed by atoms with E-state index in [0.29, 0.717) is 37.9 Å². The van der Waals surface area contributed by atoms with Crippen molar-refractivity contribution in [1.82, 2.24) is 0 Å². The van der Waals surface area contributed by atoms with E-state index in [-0.39, 0.29) is 88.2 Å². The minimum Gasteiger partial charge on any atom is -0.508 e. The van der Waals surface area contributed by atoms with Crippen molar-refractivity contribution in [2.24, 2.45) is 0 Å². The molecule has 0 fully saturated rings. The monoisotopic (exact) mass is 842 g/mol. The van der Waals surface area contributed by atoms with Crippen LogP contribution >= 0.6 is 0 Å². The lowest BCUT2D eigenvalue weighted by molar-refractivity contribution is -0.159. The van der Waals surface area contributed by atoms with Gasteiger partial charge in [-0.05, 0) is 61.1 Å². The maximum absolute atomic E-state index is 12.6. The first-order valence-corrected chi connectivity index (χ1v) is 20.0. The number of hydrogen-bond donors (Lipinski definition) is 4. The fourth-order valence-electron chi connectivity index (χ4n) is 6.12. The highest BCUT2D eigenvalue weighted by atomic mass is 16.6. The van der Waals surface area contributed by atoms with E-state index in [1.807, 2.05) is 27.7 Å². The Morgan fingerprint density at radius 2 is 0.934 bits per heavy atom. The summed E-state index contributed by atoms with van der Waals surface area (Å²) in [5.74, 6) is -1.81. The Morgan fingerprint density at radius 1 is 0.525 bits per heavy atom. The van der Waals surface area contributed by atoms with E-state index in [2.05, 4.69) is 4.74 Å². The van der Waals surface area contributed by atoms with Crippen molar-refractivity contribution >= 4 is 35.4 Å². The molecule has 0 unspecified atom stereocenters. The molecule has 15 nitrogen and oxygen atoms in total. The van der Waals surface area contributed by atoms with Crippen molar-refractivity contribution in [3.8, 4) is 46.0 Å². The van der Waals surface area contributed by atoms with Gasteiger partial charge >= 0.3 is 23.9 Å². The summed E-state index contributed by atoms with van der Waals surface area (Å²) in [6, 6.07) is 18.2. The Morgan fingerprint density at radius 3 is 1.41 bits per heavy atom. The number of phenolic OH excluding ortho intramolecular Hbond substituents is 4. The molecule has 324 valence electrons. The van der Waals surface area contributed by atoms with Crippen molar-refractivity contribution in [1.29, 1.82) is 0 Å². The number of Topliss-reactive ketones (excluding diaryl/α,β-unsaturated/α-hetero) is 2. The molecule has 0 saturated carbocycles. The first kappa shape index (κ1) is 46.8. The Bertz CT molecular complexity index is 2180. The summed E-state index contributed by atoms with van der Waals surface area (Å²) in [6.07, 6.45) is 3.08. The maximum atomic E-state index is 12.6. The SMILES string of the molecule is CCCC(=O)OC(=O)CCC.CCCC(=O)Oc1ccc([C@H]2CC(=O)c3c(O)cc(OC(=O)CCC)cc3O2)cc1.O=C1C[C@H](c2ccc(O)cc2)Oc2cc(O)cc(O)c21. The average Bonchev–Trinajstić information content (AvgIpc) is 3.18. The second kappa shape index (κ2) is 22.5. The molecule has 4 aromatic rings. The highest BCUT2D eigenvalue weighted by Crippen LogP contribution is 2.43. The Labute approximate surface area is 352 Å². The van der Waals surface area contributed by atoms with E-state index < -0.39 is 30.1 Å². The van der Waals surface area contributed by atoms with Crippen LogP contribution in [0.2, 0.25) is 0 Å². The molecular formula is C46H50O15. The predicted molar refractivity (Wildman–Crippen MR) is 219 cm³/mol. The van der Waals surface area contributed by atoms with Gasteiger partial charge in [-0.15, -0.1) is 0 Å². The second-order valence-corrected chi connectivity index (χ2v) is 14.1. The molecule has 2 aliphatic rings. The molecule has 0 bridgehead atoms. The molecule has 61 heavy (non-hydrogen) atoms. The molecule has 2 atom stereocenters. The van der Waals surface area contributed by atoms with Gasteiger partial charge in [-0.2, -0.15) is 0 Å². The van der Waals surface area contributed by atoms with Gasteiger partial charge < -0.3 is 44.1 Å².